The number of carbonyl (C=O) groups excluding carboxylic acids is 1. The number of hydrogen-bond donors (Lipinski definition) is 3. The standard InChI is InChI=1S/C71H123N2O6P/c1-6-8-10-12-14-16-18-20-22-24-26-28-29-30-31-32-33-34-35-36-37-38-39-40-41-42-43-45-47-49-51-53-55-57-59-61-63-65-71(75)72-69(68-79-80(76,77)78-67-66-73(3,4)5)70(74)64-62-60-58-56-54-52-50-48-46-44-27-25-23-21-19-17-15-13-11-9-7-2/h8,10,14,16,20,22,26,28,30-31,33-34,36-37,39-40,42-43,54,56,62,64,69-70,74H,6-7,9,11-13,15,17-19,21,23-25,27,29,32,35,38,41,44-53,55,57-61,63,65-68H2,1-5H3,(H-,72,75,76,77)/p+1/b10-8-,16-14-,22-20-,28-26-,31-30-,34-33-,37-36-,40-39-,43-42-,56-54+,64-62+. The van der Waals surface area contributed by atoms with Crippen molar-refractivity contribution < 1.29 is 32.9 Å². The van der Waals surface area contributed by atoms with E-state index in [0.717, 1.165) is 103 Å². The number of aliphatic hydroxyl groups excluding tert-OH is 1. The van der Waals surface area contributed by atoms with Crippen LogP contribution in [0, 0.1) is 0 Å². The lowest BCUT2D eigenvalue weighted by molar-refractivity contribution is -0.870. The summed E-state index contributed by atoms with van der Waals surface area (Å²) in [5, 5.41) is 13.9. The van der Waals surface area contributed by atoms with Gasteiger partial charge in [0.2, 0.25) is 5.91 Å². The third kappa shape index (κ3) is 62.2. The molecule has 0 aromatic heterocycles. The summed E-state index contributed by atoms with van der Waals surface area (Å²) in [7, 11) is 1.54. The van der Waals surface area contributed by atoms with E-state index in [1.807, 2.05) is 27.2 Å². The number of allylic oxidation sites excluding steroid dienone is 21. The molecule has 0 heterocycles. The van der Waals surface area contributed by atoms with Crippen molar-refractivity contribution in [1.29, 1.82) is 0 Å². The highest BCUT2D eigenvalue weighted by Gasteiger charge is 2.27. The summed E-state index contributed by atoms with van der Waals surface area (Å²) >= 11 is 0. The lowest BCUT2D eigenvalue weighted by Crippen LogP contribution is -2.45. The zero-order valence-electron chi connectivity index (χ0n) is 52.3. The van der Waals surface area contributed by atoms with Gasteiger partial charge in [0.1, 0.15) is 13.2 Å². The normalized spacial score (nSPS) is 14.6. The average Bonchev–Trinajstić information content (AvgIpc) is 3.42. The quantitative estimate of drug-likeness (QED) is 0.0243. The number of aliphatic hydroxyl groups is 1. The van der Waals surface area contributed by atoms with Crippen molar-refractivity contribution in [3.05, 3.63) is 134 Å². The van der Waals surface area contributed by atoms with E-state index in [1.54, 1.807) is 6.08 Å². The molecule has 0 rings (SSSR count). The van der Waals surface area contributed by atoms with Gasteiger partial charge in [-0.05, 0) is 103 Å². The summed E-state index contributed by atoms with van der Waals surface area (Å²) in [4.78, 5) is 23.4. The highest BCUT2D eigenvalue weighted by atomic mass is 31.2. The highest BCUT2D eigenvalue weighted by molar-refractivity contribution is 7.47. The van der Waals surface area contributed by atoms with Crippen LogP contribution in [0.2, 0.25) is 0 Å². The number of nitrogens with one attached hydrogen (secondary N) is 1. The van der Waals surface area contributed by atoms with Crippen molar-refractivity contribution in [3.63, 3.8) is 0 Å². The summed E-state index contributed by atoms with van der Waals surface area (Å²) in [5.74, 6) is -0.197. The number of phosphoric acid groups is 1. The molecule has 0 saturated heterocycles. The maximum atomic E-state index is 13.0. The molecular formula is C71H124N2O6P+. The van der Waals surface area contributed by atoms with Crippen molar-refractivity contribution in [3.8, 4) is 0 Å². The maximum absolute atomic E-state index is 13.0. The summed E-state index contributed by atoms with van der Waals surface area (Å²) in [6.07, 6.45) is 91.4. The number of likely N-dealkylation sites (N-methyl/N-ethyl adjacent to an activating group) is 1. The fourth-order valence-electron chi connectivity index (χ4n) is 8.82. The predicted octanol–water partition coefficient (Wildman–Crippen LogP) is 20.7. The van der Waals surface area contributed by atoms with Gasteiger partial charge in [-0.3, -0.25) is 13.8 Å². The number of carbonyl (C=O) groups is 1. The summed E-state index contributed by atoms with van der Waals surface area (Å²) in [5.41, 5.74) is 0. The van der Waals surface area contributed by atoms with Gasteiger partial charge in [0.15, 0.2) is 0 Å². The van der Waals surface area contributed by atoms with E-state index in [9.17, 15) is 19.4 Å². The number of hydrogen-bond acceptors (Lipinski definition) is 5. The monoisotopic (exact) mass is 1130 g/mol. The van der Waals surface area contributed by atoms with Crippen LogP contribution in [0.15, 0.2) is 134 Å². The van der Waals surface area contributed by atoms with Crippen LogP contribution in [0.4, 0.5) is 0 Å². The van der Waals surface area contributed by atoms with Crippen molar-refractivity contribution in [2.24, 2.45) is 0 Å². The molecule has 3 atom stereocenters. The summed E-state index contributed by atoms with van der Waals surface area (Å²) < 4.78 is 23.7. The Labute approximate surface area is 494 Å². The molecule has 1 amide bonds. The molecule has 0 radical (unpaired) electrons. The minimum absolute atomic E-state index is 0.0487. The molecule has 458 valence electrons. The summed E-state index contributed by atoms with van der Waals surface area (Å²) in [6, 6.07) is -0.877. The predicted molar refractivity (Wildman–Crippen MR) is 350 cm³/mol. The Bertz CT molecular complexity index is 1760. The van der Waals surface area contributed by atoms with E-state index in [4.69, 9.17) is 9.05 Å². The zero-order valence-corrected chi connectivity index (χ0v) is 53.2. The second kappa shape index (κ2) is 60.2. The Morgan fingerprint density at radius 2 is 0.762 bits per heavy atom. The van der Waals surface area contributed by atoms with E-state index >= 15 is 0 Å². The number of rotatable bonds is 58. The molecule has 0 aliphatic rings. The molecule has 3 unspecified atom stereocenters. The Hall–Kier alpha value is -3.36. The third-order valence-electron chi connectivity index (χ3n) is 13.9. The van der Waals surface area contributed by atoms with Crippen LogP contribution in [-0.2, 0) is 18.4 Å². The van der Waals surface area contributed by atoms with Gasteiger partial charge in [0, 0.05) is 6.42 Å². The molecule has 3 N–H and O–H groups in total. The molecule has 0 aromatic rings. The van der Waals surface area contributed by atoms with Gasteiger partial charge in [0.05, 0.1) is 39.9 Å². The van der Waals surface area contributed by atoms with Gasteiger partial charge in [-0.1, -0.05) is 282 Å². The molecule has 8 nitrogen and oxygen atoms in total. The largest absolute Gasteiger partial charge is 0.472 e. The van der Waals surface area contributed by atoms with Crippen LogP contribution in [0.3, 0.4) is 0 Å². The first-order valence-electron chi connectivity index (χ1n) is 32.6. The number of amides is 1. The second-order valence-electron chi connectivity index (χ2n) is 22.7. The molecule has 9 heteroatoms. The molecule has 0 spiro atoms. The van der Waals surface area contributed by atoms with Gasteiger partial charge in [0.25, 0.3) is 0 Å². The SMILES string of the molecule is CC/C=C\C/C=C\C/C=C\C/C=C\C/C=C\C/C=C\C/C=C\C/C=C\C/C=C\CCCCCCCCCCCC(=O)NC(COP(=O)(O)OCC[N+](C)(C)C)C(O)/C=C/CC/C=C/CCCCCCCCCCCCCCCCC. The van der Waals surface area contributed by atoms with E-state index < -0.39 is 20.0 Å². The van der Waals surface area contributed by atoms with Crippen LogP contribution in [-0.4, -0.2) is 73.4 Å². The fraction of sp³-hybridized carbons (Fsp3) is 0.676. The number of nitrogens with zero attached hydrogens (tertiary/aromatic N) is 1. The fourth-order valence-corrected chi connectivity index (χ4v) is 9.55. The van der Waals surface area contributed by atoms with Crippen LogP contribution in [0.1, 0.15) is 258 Å². The van der Waals surface area contributed by atoms with E-state index in [1.165, 1.54) is 135 Å². The van der Waals surface area contributed by atoms with E-state index in [0.29, 0.717) is 17.4 Å². The Morgan fingerprint density at radius 1 is 0.438 bits per heavy atom. The first kappa shape index (κ1) is 76.6. The zero-order chi connectivity index (χ0) is 58.4. The van der Waals surface area contributed by atoms with Crippen molar-refractivity contribution in [2.45, 2.75) is 270 Å². The molecule has 80 heavy (non-hydrogen) atoms. The first-order chi connectivity index (χ1) is 39.0. The van der Waals surface area contributed by atoms with Gasteiger partial charge in [-0.15, -0.1) is 0 Å². The molecule has 0 aromatic carbocycles. The summed E-state index contributed by atoms with van der Waals surface area (Å²) in [6.45, 7) is 4.68. The van der Waals surface area contributed by atoms with Crippen molar-refractivity contribution >= 4 is 13.7 Å². The van der Waals surface area contributed by atoms with E-state index in [-0.39, 0.29) is 19.1 Å². The Balaban J connectivity index is 4.20. The van der Waals surface area contributed by atoms with Crippen LogP contribution in [0.25, 0.3) is 0 Å². The minimum atomic E-state index is -4.37. The van der Waals surface area contributed by atoms with Crippen LogP contribution in [0.5, 0.6) is 0 Å². The van der Waals surface area contributed by atoms with Crippen LogP contribution >= 0.6 is 7.82 Å². The lowest BCUT2D eigenvalue weighted by atomic mass is 10.0. The maximum Gasteiger partial charge on any atom is 0.472 e. The Morgan fingerprint density at radius 3 is 1.15 bits per heavy atom. The number of unbranched alkanes of at least 4 members (excludes halogenated alkanes) is 25. The lowest BCUT2D eigenvalue weighted by Gasteiger charge is -2.25. The number of quaternary nitrogens is 1. The Kier molecular flexibility index (Phi) is 57.7. The smallest absolute Gasteiger partial charge is 0.387 e. The molecule has 0 fully saturated rings. The molecule has 0 aliphatic heterocycles. The van der Waals surface area contributed by atoms with Crippen molar-refractivity contribution in [2.75, 3.05) is 40.9 Å². The van der Waals surface area contributed by atoms with Crippen LogP contribution < -0.4 is 5.32 Å². The molecule has 0 saturated carbocycles. The average molecular weight is 1130 g/mol. The van der Waals surface area contributed by atoms with E-state index in [2.05, 4.69) is 141 Å². The third-order valence-corrected chi connectivity index (χ3v) is 14.8. The van der Waals surface area contributed by atoms with Crippen molar-refractivity contribution in [1.82, 2.24) is 5.32 Å². The highest BCUT2D eigenvalue weighted by Crippen LogP contribution is 2.43. The number of phosphoric ester groups is 1. The van der Waals surface area contributed by atoms with Gasteiger partial charge >= 0.3 is 7.82 Å². The van der Waals surface area contributed by atoms with Gasteiger partial charge in [-0.25, -0.2) is 4.57 Å². The molecule has 0 aliphatic carbocycles. The molecular weight excluding hydrogens is 1010 g/mol. The first-order valence-corrected chi connectivity index (χ1v) is 34.1. The topological polar surface area (TPSA) is 105 Å². The second-order valence-corrected chi connectivity index (χ2v) is 24.2. The van der Waals surface area contributed by atoms with Gasteiger partial charge < -0.3 is 19.8 Å². The minimum Gasteiger partial charge on any atom is -0.387 e. The van der Waals surface area contributed by atoms with Gasteiger partial charge in [-0.2, -0.15) is 0 Å². The molecule has 0 bridgehead atoms.